The molecule has 276 valence electrons. The SMILES string of the molecule is Cc1c(C(=O)N(c2ccc(O)cc2)c2cnc3c(ccn3C)c2)cc(-c2cc(Cl)ccc2C(=O)N2Cc3ccccc3C[C@H]2C)n1CCN1CCOCC1. The second-order valence-corrected chi connectivity index (χ2v) is 14.7. The first-order chi connectivity index (χ1) is 26.2. The maximum absolute atomic E-state index is 15.1. The van der Waals surface area contributed by atoms with Crippen LogP contribution in [0.15, 0.2) is 97.3 Å². The van der Waals surface area contributed by atoms with Crippen LogP contribution in [0.1, 0.15) is 44.5 Å². The van der Waals surface area contributed by atoms with E-state index in [0.717, 1.165) is 54.0 Å². The summed E-state index contributed by atoms with van der Waals surface area (Å²) in [4.78, 5) is 40.3. The van der Waals surface area contributed by atoms with Crippen molar-refractivity contribution >= 4 is 45.8 Å². The Kier molecular flexibility index (Phi) is 9.74. The zero-order chi connectivity index (χ0) is 37.5. The van der Waals surface area contributed by atoms with Crippen LogP contribution in [0.4, 0.5) is 11.4 Å². The Morgan fingerprint density at radius 2 is 1.69 bits per heavy atom. The third-order valence-corrected chi connectivity index (χ3v) is 11.1. The molecule has 0 saturated carbocycles. The maximum atomic E-state index is 15.1. The van der Waals surface area contributed by atoms with Crippen molar-refractivity contribution in [2.24, 2.45) is 7.05 Å². The third-order valence-electron chi connectivity index (χ3n) is 10.9. The Balaban J connectivity index is 1.24. The van der Waals surface area contributed by atoms with Crippen LogP contribution < -0.4 is 4.90 Å². The summed E-state index contributed by atoms with van der Waals surface area (Å²) < 4.78 is 9.70. The molecule has 0 spiro atoms. The van der Waals surface area contributed by atoms with Crippen molar-refractivity contribution < 1.29 is 19.4 Å². The summed E-state index contributed by atoms with van der Waals surface area (Å²) in [5.74, 6) is -0.249. The molecule has 0 bridgehead atoms. The summed E-state index contributed by atoms with van der Waals surface area (Å²) in [7, 11) is 1.93. The number of hydrogen-bond donors (Lipinski definition) is 1. The van der Waals surface area contributed by atoms with Crippen LogP contribution in [-0.2, 0) is 31.3 Å². The molecule has 6 aromatic rings. The molecule has 54 heavy (non-hydrogen) atoms. The average Bonchev–Trinajstić information content (AvgIpc) is 3.72. The van der Waals surface area contributed by atoms with Gasteiger partial charge in [0.05, 0.1) is 30.7 Å². The molecule has 8 rings (SSSR count). The van der Waals surface area contributed by atoms with Gasteiger partial charge < -0.3 is 23.9 Å². The summed E-state index contributed by atoms with van der Waals surface area (Å²) in [5.41, 5.74) is 7.56. The molecule has 3 aromatic heterocycles. The number of carbonyl (C=O) groups excluding carboxylic acids is 2. The Morgan fingerprint density at radius 1 is 0.926 bits per heavy atom. The number of phenolic OH excluding ortho intramolecular Hbond substituents is 1. The van der Waals surface area contributed by atoms with Crippen molar-refractivity contribution in [3.05, 3.63) is 130 Å². The number of hydrogen-bond acceptors (Lipinski definition) is 6. The minimum absolute atomic E-state index is 0.00246. The Hall–Kier alpha value is -5.42. The first-order valence-corrected chi connectivity index (χ1v) is 18.8. The Morgan fingerprint density at radius 3 is 2.46 bits per heavy atom. The van der Waals surface area contributed by atoms with Gasteiger partial charge >= 0.3 is 0 Å². The fourth-order valence-electron chi connectivity index (χ4n) is 7.83. The number of aryl methyl sites for hydroxylation is 1. The molecule has 0 radical (unpaired) electrons. The van der Waals surface area contributed by atoms with E-state index in [4.69, 9.17) is 21.3 Å². The molecule has 1 atom stereocenters. The van der Waals surface area contributed by atoms with E-state index in [2.05, 4.69) is 28.5 Å². The lowest BCUT2D eigenvalue weighted by atomic mass is 9.93. The molecule has 2 amide bonds. The van der Waals surface area contributed by atoms with Crippen LogP contribution in [0, 0.1) is 6.92 Å². The summed E-state index contributed by atoms with van der Waals surface area (Å²) in [6, 6.07) is 26.1. The van der Waals surface area contributed by atoms with Crippen molar-refractivity contribution in [1.29, 1.82) is 0 Å². The van der Waals surface area contributed by atoms with E-state index in [1.54, 1.807) is 41.4 Å². The van der Waals surface area contributed by atoms with Crippen LogP contribution in [0.3, 0.4) is 0 Å². The third kappa shape index (κ3) is 6.77. The highest BCUT2D eigenvalue weighted by Gasteiger charge is 2.32. The normalized spacial score (nSPS) is 16.1. The summed E-state index contributed by atoms with van der Waals surface area (Å²) in [6.07, 6.45) is 4.41. The molecular weight excluding hydrogens is 700 g/mol. The highest BCUT2D eigenvalue weighted by atomic mass is 35.5. The number of rotatable bonds is 8. The number of ether oxygens (including phenoxy) is 1. The van der Waals surface area contributed by atoms with E-state index < -0.39 is 0 Å². The summed E-state index contributed by atoms with van der Waals surface area (Å²) in [6.45, 7) is 8.87. The van der Waals surface area contributed by atoms with Crippen LogP contribution in [0.25, 0.3) is 22.3 Å². The van der Waals surface area contributed by atoms with Gasteiger partial charge in [-0.3, -0.25) is 19.4 Å². The second kappa shape index (κ2) is 14.8. The molecule has 1 saturated heterocycles. The molecule has 1 fully saturated rings. The number of aromatic hydroxyl groups is 1. The van der Waals surface area contributed by atoms with Crippen molar-refractivity contribution in [2.45, 2.75) is 39.4 Å². The van der Waals surface area contributed by atoms with Gasteiger partial charge in [0.2, 0.25) is 0 Å². The van der Waals surface area contributed by atoms with Gasteiger partial charge in [-0.1, -0.05) is 35.9 Å². The van der Waals surface area contributed by atoms with Gasteiger partial charge in [-0.15, -0.1) is 0 Å². The van der Waals surface area contributed by atoms with E-state index >= 15 is 4.79 Å². The molecule has 11 heteroatoms. The molecule has 3 aromatic carbocycles. The molecular formula is C43H43ClN6O4. The fraction of sp³-hybridized carbons (Fsp3) is 0.279. The number of pyridine rings is 1. The van der Waals surface area contributed by atoms with Gasteiger partial charge in [0, 0.05) is 90.6 Å². The zero-order valence-electron chi connectivity index (χ0n) is 30.7. The monoisotopic (exact) mass is 742 g/mol. The minimum Gasteiger partial charge on any atom is -0.508 e. The van der Waals surface area contributed by atoms with Gasteiger partial charge in [-0.25, -0.2) is 4.98 Å². The average molecular weight is 743 g/mol. The lowest BCUT2D eigenvalue weighted by Gasteiger charge is -2.35. The standard InChI is InChI=1S/C43H43ClN6O4/c1-28-22-30-6-4-5-7-32(30)27-49(28)42(52)37-13-8-33(44)24-39(37)40-25-38(29(2)48(40)17-16-47-18-20-54-21-19-47)43(53)50(34-9-11-36(51)12-10-34)35-23-31-14-15-46(3)41(31)45-26-35/h4-15,23-26,28,51H,16-22,27H2,1-3H3/t28-/m1/s1. The number of phenols is 1. The molecule has 1 N–H and O–H groups in total. The summed E-state index contributed by atoms with van der Waals surface area (Å²) >= 11 is 6.73. The first-order valence-electron chi connectivity index (χ1n) is 18.4. The highest BCUT2D eigenvalue weighted by molar-refractivity contribution is 6.31. The number of carbonyl (C=O) groups is 2. The number of benzene rings is 3. The number of fused-ring (bicyclic) bond motifs is 2. The second-order valence-electron chi connectivity index (χ2n) is 14.3. The predicted octanol–water partition coefficient (Wildman–Crippen LogP) is 7.61. The van der Waals surface area contributed by atoms with Crippen molar-refractivity contribution in [2.75, 3.05) is 37.7 Å². The molecule has 10 nitrogen and oxygen atoms in total. The van der Waals surface area contributed by atoms with Crippen LogP contribution in [-0.4, -0.2) is 79.7 Å². The molecule has 0 unspecified atom stereocenters. The van der Waals surface area contributed by atoms with Gasteiger partial charge in [0.1, 0.15) is 11.4 Å². The Bertz CT molecular complexity index is 2360. The number of nitrogens with zero attached hydrogens (tertiary/aromatic N) is 6. The van der Waals surface area contributed by atoms with Gasteiger partial charge in [0.25, 0.3) is 11.8 Å². The lowest BCUT2D eigenvalue weighted by Crippen LogP contribution is -2.42. The number of morpholine rings is 1. The Labute approximate surface area is 319 Å². The molecule has 2 aliphatic rings. The van der Waals surface area contributed by atoms with E-state index in [9.17, 15) is 9.90 Å². The van der Waals surface area contributed by atoms with E-state index in [-0.39, 0.29) is 23.6 Å². The van der Waals surface area contributed by atoms with E-state index in [1.807, 2.05) is 72.1 Å². The van der Waals surface area contributed by atoms with Crippen LogP contribution >= 0.6 is 11.6 Å². The minimum atomic E-state index is -0.266. The number of anilines is 2. The smallest absolute Gasteiger partial charge is 0.264 e. The van der Waals surface area contributed by atoms with Gasteiger partial charge in [-0.05, 0) is 92.1 Å². The van der Waals surface area contributed by atoms with Crippen molar-refractivity contribution in [1.82, 2.24) is 23.9 Å². The highest BCUT2D eigenvalue weighted by Crippen LogP contribution is 2.37. The summed E-state index contributed by atoms with van der Waals surface area (Å²) in [5, 5.41) is 11.6. The molecule has 0 aliphatic carbocycles. The topological polar surface area (TPSA) is 96.1 Å². The maximum Gasteiger partial charge on any atom is 0.264 e. The molecule has 5 heterocycles. The lowest BCUT2D eigenvalue weighted by molar-refractivity contribution is 0.0364. The van der Waals surface area contributed by atoms with E-state index in [1.165, 1.54) is 5.56 Å². The fourth-order valence-corrected chi connectivity index (χ4v) is 8.00. The number of aromatic nitrogens is 3. The number of halogens is 1. The van der Waals surface area contributed by atoms with Gasteiger partial charge in [-0.2, -0.15) is 0 Å². The van der Waals surface area contributed by atoms with Crippen LogP contribution in [0.2, 0.25) is 5.02 Å². The van der Waals surface area contributed by atoms with Crippen molar-refractivity contribution in [3.63, 3.8) is 0 Å². The number of amides is 2. The van der Waals surface area contributed by atoms with E-state index in [0.29, 0.717) is 59.4 Å². The quantitative estimate of drug-likeness (QED) is 0.173. The first kappa shape index (κ1) is 35.6. The molecule has 2 aliphatic heterocycles. The largest absolute Gasteiger partial charge is 0.508 e. The van der Waals surface area contributed by atoms with Crippen LogP contribution in [0.5, 0.6) is 5.75 Å². The van der Waals surface area contributed by atoms with Gasteiger partial charge in [0.15, 0.2) is 0 Å². The zero-order valence-corrected chi connectivity index (χ0v) is 31.5. The van der Waals surface area contributed by atoms with Crippen molar-refractivity contribution in [3.8, 4) is 17.0 Å². The predicted molar refractivity (Wildman–Crippen MR) is 212 cm³/mol.